The summed E-state index contributed by atoms with van der Waals surface area (Å²) < 4.78 is 5.69. The molecule has 5 heteroatoms. The van der Waals surface area contributed by atoms with E-state index in [2.05, 4.69) is 13.8 Å². The lowest BCUT2D eigenvalue weighted by molar-refractivity contribution is 0.391. The Morgan fingerprint density at radius 1 is 1.43 bits per heavy atom. The third kappa shape index (κ3) is 5.02. The molecule has 0 spiro atoms. The van der Waals surface area contributed by atoms with Gasteiger partial charge in [0.2, 0.25) is 0 Å². The molecule has 84 valence electrons. The highest BCUT2D eigenvalue weighted by Gasteiger charge is 2.28. The highest BCUT2D eigenvalue weighted by Crippen LogP contribution is 2.23. The smallest absolute Gasteiger partial charge is 0.191 e. The lowest BCUT2D eigenvalue weighted by Crippen LogP contribution is -2.35. The number of thioether (sulfide) groups is 1. The molecule has 3 nitrogen and oxygen atoms in total. The molecule has 0 aromatic rings. The average molecular weight is 234 g/mol. The first kappa shape index (κ1) is 14.0. The Labute approximate surface area is 92.4 Å². The van der Waals surface area contributed by atoms with Crippen molar-refractivity contribution >= 4 is 25.2 Å². The molecule has 0 unspecified atom stereocenters. The van der Waals surface area contributed by atoms with Crippen LogP contribution in [0.4, 0.5) is 0 Å². The van der Waals surface area contributed by atoms with Gasteiger partial charge in [-0.2, -0.15) is 0 Å². The summed E-state index contributed by atoms with van der Waals surface area (Å²) in [5.74, 6) is 0.952. The molecular formula is C9H22N2OSSi. The zero-order chi connectivity index (χ0) is 11.0. The molecule has 0 aliphatic rings. The van der Waals surface area contributed by atoms with Crippen molar-refractivity contribution in [1.29, 1.82) is 5.41 Å². The van der Waals surface area contributed by atoms with Gasteiger partial charge >= 0.3 is 0 Å². The molecule has 0 saturated carbocycles. The summed E-state index contributed by atoms with van der Waals surface area (Å²) in [6.45, 7) is 4.44. The molecule has 0 aromatic heterocycles. The highest BCUT2D eigenvalue weighted by atomic mass is 32.2. The van der Waals surface area contributed by atoms with E-state index in [1.165, 1.54) is 29.9 Å². The van der Waals surface area contributed by atoms with E-state index in [4.69, 9.17) is 15.6 Å². The summed E-state index contributed by atoms with van der Waals surface area (Å²) in [4.78, 5) is 0. The molecule has 3 N–H and O–H groups in total. The van der Waals surface area contributed by atoms with E-state index in [9.17, 15) is 0 Å². The normalized spacial score (nSPS) is 11.6. The molecule has 0 aliphatic carbocycles. The standard InChI is InChI=1S/C9H22N2OSSi/c1-4-14(5-2,12-3)8-6-7-13-9(10)11/h4-8H2,1-3H3,(H3,10,11). The Morgan fingerprint density at radius 2 is 2.00 bits per heavy atom. The van der Waals surface area contributed by atoms with Crippen molar-refractivity contribution in [1.82, 2.24) is 0 Å². The van der Waals surface area contributed by atoms with Crippen molar-refractivity contribution in [2.45, 2.75) is 38.4 Å². The minimum atomic E-state index is -1.41. The monoisotopic (exact) mass is 234 g/mol. The van der Waals surface area contributed by atoms with Crippen LogP contribution in [-0.4, -0.2) is 26.3 Å². The van der Waals surface area contributed by atoms with Gasteiger partial charge in [0.1, 0.15) is 0 Å². The number of hydrogen-bond donors (Lipinski definition) is 2. The van der Waals surface area contributed by atoms with Crippen LogP contribution in [0.15, 0.2) is 0 Å². The minimum absolute atomic E-state index is 0.225. The van der Waals surface area contributed by atoms with Gasteiger partial charge in [-0.3, -0.25) is 5.41 Å². The molecule has 14 heavy (non-hydrogen) atoms. The first-order valence-corrected chi connectivity index (χ1v) is 8.63. The number of hydrogen-bond acceptors (Lipinski definition) is 3. The Balaban J connectivity index is 3.77. The van der Waals surface area contributed by atoms with Gasteiger partial charge in [-0.1, -0.05) is 25.6 Å². The SMILES string of the molecule is CC[Si](CC)(CCCSC(=N)N)OC. The molecule has 0 aromatic carbocycles. The van der Waals surface area contributed by atoms with Crippen LogP contribution in [0.25, 0.3) is 0 Å². The van der Waals surface area contributed by atoms with E-state index in [1.54, 1.807) is 0 Å². The van der Waals surface area contributed by atoms with Crippen molar-refractivity contribution in [2.75, 3.05) is 12.9 Å². The van der Waals surface area contributed by atoms with E-state index in [0.29, 0.717) is 0 Å². The second kappa shape index (κ2) is 7.31. The first-order chi connectivity index (χ1) is 6.60. The topological polar surface area (TPSA) is 59.1 Å². The van der Waals surface area contributed by atoms with Crippen molar-refractivity contribution in [3.05, 3.63) is 0 Å². The Kier molecular flexibility index (Phi) is 7.31. The molecular weight excluding hydrogens is 212 g/mol. The summed E-state index contributed by atoms with van der Waals surface area (Å²) in [5.41, 5.74) is 5.27. The summed E-state index contributed by atoms with van der Waals surface area (Å²) in [6.07, 6.45) is 1.12. The quantitative estimate of drug-likeness (QED) is 0.308. The molecule has 0 atom stereocenters. The minimum Gasteiger partial charge on any atom is -0.420 e. The maximum Gasteiger partial charge on any atom is 0.191 e. The van der Waals surface area contributed by atoms with Gasteiger partial charge in [0.15, 0.2) is 13.5 Å². The van der Waals surface area contributed by atoms with Crippen molar-refractivity contribution in [3.63, 3.8) is 0 Å². The van der Waals surface area contributed by atoms with Gasteiger partial charge in [-0.25, -0.2) is 0 Å². The van der Waals surface area contributed by atoms with Crippen LogP contribution in [0, 0.1) is 5.41 Å². The number of rotatable bonds is 7. The van der Waals surface area contributed by atoms with Crippen LogP contribution in [0.2, 0.25) is 18.1 Å². The van der Waals surface area contributed by atoms with Gasteiger partial charge in [0, 0.05) is 12.9 Å². The van der Waals surface area contributed by atoms with Crippen molar-refractivity contribution in [2.24, 2.45) is 5.73 Å². The van der Waals surface area contributed by atoms with Gasteiger partial charge in [-0.05, 0) is 24.6 Å². The van der Waals surface area contributed by atoms with Gasteiger partial charge in [-0.15, -0.1) is 0 Å². The molecule has 0 amide bonds. The first-order valence-electron chi connectivity index (χ1n) is 5.12. The van der Waals surface area contributed by atoms with Crippen LogP contribution in [0.3, 0.4) is 0 Å². The second-order valence-electron chi connectivity index (χ2n) is 3.41. The van der Waals surface area contributed by atoms with Crippen molar-refractivity contribution in [3.8, 4) is 0 Å². The molecule has 0 aliphatic heterocycles. The van der Waals surface area contributed by atoms with E-state index >= 15 is 0 Å². The van der Waals surface area contributed by atoms with Crippen LogP contribution < -0.4 is 5.73 Å². The van der Waals surface area contributed by atoms with E-state index in [-0.39, 0.29) is 5.17 Å². The van der Waals surface area contributed by atoms with Gasteiger partial charge in [0.05, 0.1) is 0 Å². The van der Waals surface area contributed by atoms with Gasteiger partial charge in [0.25, 0.3) is 0 Å². The fraction of sp³-hybridized carbons (Fsp3) is 0.889. The third-order valence-electron chi connectivity index (χ3n) is 2.76. The molecule has 0 saturated heterocycles. The number of nitrogens with one attached hydrogen (secondary N) is 1. The molecule has 0 bridgehead atoms. The second-order valence-corrected chi connectivity index (χ2v) is 9.24. The maximum atomic E-state index is 7.08. The fourth-order valence-corrected chi connectivity index (χ4v) is 5.15. The third-order valence-corrected chi connectivity index (χ3v) is 8.27. The maximum absolute atomic E-state index is 7.08. The predicted octanol–water partition coefficient (Wildman–Crippen LogP) is 2.63. The van der Waals surface area contributed by atoms with Crippen LogP contribution in [0.5, 0.6) is 0 Å². The van der Waals surface area contributed by atoms with E-state index in [0.717, 1.165) is 12.2 Å². The Morgan fingerprint density at radius 3 is 2.36 bits per heavy atom. The van der Waals surface area contributed by atoms with Crippen LogP contribution >= 0.6 is 11.8 Å². The lowest BCUT2D eigenvalue weighted by Gasteiger charge is -2.26. The summed E-state index contributed by atoms with van der Waals surface area (Å²) >= 11 is 1.43. The average Bonchev–Trinajstić information content (AvgIpc) is 2.19. The summed E-state index contributed by atoms with van der Waals surface area (Å²) in [5, 5.41) is 7.31. The zero-order valence-corrected chi connectivity index (χ0v) is 11.2. The molecule has 0 radical (unpaired) electrons. The van der Waals surface area contributed by atoms with Crippen LogP contribution in [-0.2, 0) is 4.43 Å². The Bertz CT molecular complexity index is 166. The predicted molar refractivity (Wildman–Crippen MR) is 67.5 cm³/mol. The van der Waals surface area contributed by atoms with Crippen molar-refractivity contribution < 1.29 is 4.43 Å². The fourth-order valence-electron chi connectivity index (χ4n) is 1.57. The number of amidine groups is 1. The number of nitrogens with two attached hydrogens (primary N) is 1. The highest BCUT2D eigenvalue weighted by molar-refractivity contribution is 8.13. The zero-order valence-electron chi connectivity index (χ0n) is 9.43. The summed E-state index contributed by atoms with van der Waals surface area (Å²) in [6, 6.07) is 3.56. The molecule has 0 fully saturated rings. The molecule has 0 heterocycles. The Hall–Kier alpha value is -0.00312. The van der Waals surface area contributed by atoms with Gasteiger partial charge < -0.3 is 10.2 Å². The van der Waals surface area contributed by atoms with E-state index < -0.39 is 8.32 Å². The lowest BCUT2D eigenvalue weighted by atomic mass is 10.6. The molecule has 0 rings (SSSR count). The van der Waals surface area contributed by atoms with E-state index in [1.807, 2.05) is 7.11 Å². The largest absolute Gasteiger partial charge is 0.420 e. The summed E-state index contributed by atoms with van der Waals surface area (Å²) in [7, 11) is 0.431. The van der Waals surface area contributed by atoms with Crippen LogP contribution in [0.1, 0.15) is 20.3 Å².